The average molecular weight is 375 g/mol. The molecule has 1 saturated heterocycles. The summed E-state index contributed by atoms with van der Waals surface area (Å²) < 4.78 is 5.96. The van der Waals surface area contributed by atoms with Gasteiger partial charge in [0.2, 0.25) is 11.8 Å². The zero-order chi connectivity index (χ0) is 18.9. The van der Waals surface area contributed by atoms with Crippen LogP contribution in [0.25, 0.3) is 21.2 Å². The van der Waals surface area contributed by atoms with Gasteiger partial charge in [-0.05, 0) is 22.5 Å². The maximum atomic E-state index is 11.6. The minimum Gasteiger partial charge on any atom is -0.470 e. The minimum atomic E-state index is -0.802. The predicted molar refractivity (Wildman–Crippen MR) is 98.0 cm³/mol. The number of hydrogen-bond acceptors (Lipinski definition) is 5. The van der Waals surface area contributed by atoms with E-state index in [0.717, 1.165) is 10.9 Å². The second-order valence-corrected chi connectivity index (χ2v) is 7.06. The Morgan fingerprint density at radius 2 is 2.15 bits per heavy atom. The number of azide groups is 1. The number of hydrogen-bond donors (Lipinski definition) is 0. The molecular formula is C17H19ClN6O2. The number of ether oxygens (including phenoxy) is 1. The van der Waals surface area contributed by atoms with Crippen molar-refractivity contribution >= 4 is 28.3 Å². The quantitative estimate of drug-likeness (QED) is 0.343. The van der Waals surface area contributed by atoms with E-state index in [-0.39, 0.29) is 12.0 Å². The predicted octanol–water partition coefficient (Wildman–Crippen LogP) is 3.83. The lowest BCUT2D eigenvalue weighted by Crippen LogP contribution is -2.56. The smallest absolute Gasteiger partial charge is 0.223 e. The van der Waals surface area contributed by atoms with Crippen molar-refractivity contribution in [2.75, 3.05) is 13.1 Å². The summed E-state index contributed by atoms with van der Waals surface area (Å²) in [7, 11) is 0. The largest absolute Gasteiger partial charge is 0.470 e. The molecule has 1 amide bonds. The van der Waals surface area contributed by atoms with Crippen LogP contribution in [0, 0.1) is 0 Å². The van der Waals surface area contributed by atoms with Crippen molar-refractivity contribution in [3.63, 3.8) is 0 Å². The van der Waals surface area contributed by atoms with E-state index in [0.29, 0.717) is 35.9 Å². The Morgan fingerprint density at radius 3 is 2.81 bits per heavy atom. The van der Waals surface area contributed by atoms with E-state index in [2.05, 4.69) is 20.0 Å². The number of nitrogens with zero attached hydrogens (tertiary/aromatic N) is 6. The van der Waals surface area contributed by atoms with Crippen molar-refractivity contribution in [3.05, 3.63) is 39.6 Å². The Bertz CT molecular complexity index is 904. The first-order valence-corrected chi connectivity index (χ1v) is 8.69. The molecule has 0 radical (unpaired) electrons. The van der Waals surface area contributed by atoms with E-state index in [4.69, 9.17) is 21.9 Å². The molecule has 0 bridgehead atoms. The number of carbonyl (C=O) groups excluding carboxylic acids is 1. The summed E-state index contributed by atoms with van der Waals surface area (Å²) >= 11 is 6.06. The number of carbonyl (C=O) groups is 1. The number of pyridine rings is 2. The minimum absolute atomic E-state index is 0.104. The van der Waals surface area contributed by atoms with Crippen LogP contribution in [0.3, 0.4) is 0 Å². The Hall–Kier alpha value is -2.57. The van der Waals surface area contributed by atoms with Gasteiger partial charge in [0.15, 0.2) is 0 Å². The van der Waals surface area contributed by atoms with Crippen LogP contribution in [0.1, 0.15) is 32.8 Å². The van der Waals surface area contributed by atoms with E-state index in [1.807, 2.05) is 6.92 Å². The molecule has 136 valence electrons. The van der Waals surface area contributed by atoms with Gasteiger partial charge in [0.1, 0.15) is 11.3 Å². The van der Waals surface area contributed by atoms with E-state index in [1.165, 1.54) is 0 Å². The first-order valence-electron chi connectivity index (χ1n) is 8.31. The maximum absolute atomic E-state index is 11.6. The highest BCUT2D eigenvalue weighted by Gasteiger charge is 2.32. The summed E-state index contributed by atoms with van der Waals surface area (Å²) in [5.41, 5.74) is 8.77. The van der Waals surface area contributed by atoms with Gasteiger partial charge in [-0.15, -0.1) is 0 Å². The summed E-state index contributed by atoms with van der Waals surface area (Å²) in [5, 5.41) is 5.64. The summed E-state index contributed by atoms with van der Waals surface area (Å²) in [6, 6.07) is 1.71. The Kier molecular flexibility index (Phi) is 4.89. The SMILES string of the molecule is CCC(=O)N1CC(Oc2ncc(C(C)(C)N=[N+]=[N-])c3cc(Cl)ncc23)C1. The number of amides is 1. The summed E-state index contributed by atoms with van der Waals surface area (Å²) in [6.45, 7) is 6.53. The van der Waals surface area contributed by atoms with Crippen LogP contribution in [0.5, 0.6) is 5.88 Å². The fourth-order valence-electron chi connectivity index (χ4n) is 2.93. The highest BCUT2D eigenvalue weighted by atomic mass is 35.5. The van der Waals surface area contributed by atoms with Gasteiger partial charge in [-0.3, -0.25) is 4.79 Å². The van der Waals surface area contributed by atoms with Crippen molar-refractivity contribution in [3.8, 4) is 5.88 Å². The number of halogens is 1. The van der Waals surface area contributed by atoms with Gasteiger partial charge >= 0.3 is 0 Å². The molecule has 3 rings (SSSR count). The zero-order valence-electron chi connectivity index (χ0n) is 14.8. The second-order valence-electron chi connectivity index (χ2n) is 6.67. The van der Waals surface area contributed by atoms with Gasteiger partial charge in [-0.25, -0.2) is 9.97 Å². The van der Waals surface area contributed by atoms with Crippen molar-refractivity contribution in [1.82, 2.24) is 14.9 Å². The van der Waals surface area contributed by atoms with Crippen LogP contribution >= 0.6 is 11.6 Å². The van der Waals surface area contributed by atoms with Gasteiger partial charge in [-0.1, -0.05) is 37.5 Å². The molecule has 0 N–H and O–H groups in total. The van der Waals surface area contributed by atoms with Crippen LogP contribution in [0.15, 0.2) is 23.6 Å². The second kappa shape index (κ2) is 6.97. The van der Waals surface area contributed by atoms with Crippen molar-refractivity contribution in [1.29, 1.82) is 0 Å². The molecule has 0 atom stereocenters. The number of fused-ring (bicyclic) bond motifs is 1. The summed E-state index contributed by atoms with van der Waals surface area (Å²) in [4.78, 5) is 24.8. The van der Waals surface area contributed by atoms with E-state index >= 15 is 0 Å². The Morgan fingerprint density at radius 1 is 1.42 bits per heavy atom. The highest BCUT2D eigenvalue weighted by molar-refractivity contribution is 6.30. The molecular weight excluding hydrogens is 356 g/mol. The fourth-order valence-corrected chi connectivity index (χ4v) is 3.09. The average Bonchev–Trinajstić information content (AvgIpc) is 2.56. The Balaban J connectivity index is 1.94. The molecule has 26 heavy (non-hydrogen) atoms. The van der Waals surface area contributed by atoms with Gasteiger partial charge in [-0.2, -0.15) is 0 Å². The molecule has 2 aromatic rings. The monoisotopic (exact) mass is 374 g/mol. The van der Waals surface area contributed by atoms with Crippen LogP contribution in [0.2, 0.25) is 5.15 Å². The third-order valence-corrected chi connectivity index (χ3v) is 4.64. The third-order valence-electron chi connectivity index (χ3n) is 4.44. The molecule has 2 aromatic heterocycles. The topological polar surface area (TPSA) is 104 Å². The van der Waals surface area contributed by atoms with E-state index in [1.54, 1.807) is 37.2 Å². The molecule has 1 fully saturated rings. The fraction of sp³-hybridized carbons (Fsp3) is 0.471. The zero-order valence-corrected chi connectivity index (χ0v) is 15.6. The van der Waals surface area contributed by atoms with Gasteiger partial charge < -0.3 is 9.64 Å². The molecule has 0 spiro atoms. The van der Waals surface area contributed by atoms with Crippen LogP contribution in [0.4, 0.5) is 0 Å². The summed E-state index contributed by atoms with van der Waals surface area (Å²) in [5.74, 6) is 0.542. The van der Waals surface area contributed by atoms with E-state index < -0.39 is 5.54 Å². The lowest BCUT2D eigenvalue weighted by molar-refractivity contribution is -0.139. The van der Waals surface area contributed by atoms with Crippen molar-refractivity contribution < 1.29 is 9.53 Å². The molecule has 9 heteroatoms. The molecule has 0 aromatic carbocycles. The van der Waals surface area contributed by atoms with Gasteiger partial charge in [0.25, 0.3) is 0 Å². The van der Waals surface area contributed by atoms with Gasteiger partial charge in [0, 0.05) is 23.7 Å². The lowest BCUT2D eigenvalue weighted by atomic mass is 9.93. The first-order chi connectivity index (χ1) is 12.4. The maximum Gasteiger partial charge on any atom is 0.223 e. The molecule has 1 aliphatic heterocycles. The number of aromatic nitrogens is 2. The summed E-state index contributed by atoms with van der Waals surface area (Å²) in [6.07, 6.45) is 3.62. The molecule has 1 aliphatic rings. The molecule has 0 unspecified atom stereocenters. The molecule has 3 heterocycles. The third kappa shape index (κ3) is 3.38. The van der Waals surface area contributed by atoms with Crippen molar-refractivity contribution in [2.45, 2.75) is 38.8 Å². The van der Waals surface area contributed by atoms with Crippen molar-refractivity contribution in [2.24, 2.45) is 5.11 Å². The first kappa shape index (κ1) is 18.2. The van der Waals surface area contributed by atoms with Crippen LogP contribution < -0.4 is 4.74 Å². The molecule has 0 aliphatic carbocycles. The highest BCUT2D eigenvalue weighted by Crippen LogP contribution is 2.36. The van der Waals surface area contributed by atoms with E-state index in [9.17, 15) is 4.79 Å². The van der Waals surface area contributed by atoms with Crippen LogP contribution in [-0.2, 0) is 10.3 Å². The standard InChI is InChI=1S/C17H19ClN6O2/c1-4-15(25)24-8-10(9-24)26-16-12-6-20-14(18)5-11(12)13(7-21-16)17(2,3)22-23-19/h5-7,10H,4,8-9H2,1-3H3. The van der Waals surface area contributed by atoms with Crippen LogP contribution in [-0.4, -0.2) is 40.0 Å². The lowest BCUT2D eigenvalue weighted by Gasteiger charge is -2.38. The number of likely N-dealkylation sites (tertiary alicyclic amines) is 1. The molecule has 0 saturated carbocycles. The Labute approximate surface area is 155 Å². The van der Waals surface area contributed by atoms with Gasteiger partial charge in [0.05, 0.1) is 24.0 Å². The normalized spacial score (nSPS) is 14.7. The number of rotatable bonds is 5. The molecule has 8 nitrogen and oxygen atoms in total.